The normalized spacial score (nSPS) is 10.3. The van der Waals surface area contributed by atoms with Crippen LogP contribution in [-0.4, -0.2) is 49.2 Å². The van der Waals surface area contributed by atoms with Crippen molar-refractivity contribution < 1.29 is 4.79 Å². The summed E-state index contributed by atoms with van der Waals surface area (Å²) in [5, 5.41) is 24.6. The Morgan fingerprint density at radius 2 is 1.80 bits per heavy atom. The first kappa shape index (κ1) is 16.3. The van der Waals surface area contributed by atoms with E-state index in [0.29, 0.717) is 24.7 Å². The second-order valence-electron chi connectivity index (χ2n) is 5.12. The second-order valence-corrected chi connectivity index (χ2v) is 5.12. The molecule has 0 saturated carbocycles. The fraction of sp³-hybridized carbons (Fsp3) is 0.200. The average Bonchev–Trinajstić information content (AvgIpc) is 3.07. The van der Waals surface area contributed by atoms with Crippen LogP contribution in [0.3, 0.4) is 0 Å². The molecule has 3 heterocycles. The van der Waals surface area contributed by atoms with Crippen LogP contribution >= 0.6 is 0 Å². The highest BCUT2D eigenvalue weighted by atomic mass is 16.2. The van der Waals surface area contributed by atoms with Crippen molar-refractivity contribution in [2.75, 3.05) is 23.7 Å². The highest BCUT2D eigenvalue weighted by molar-refractivity contribution is 5.91. The maximum atomic E-state index is 11.8. The molecule has 0 spiro atoms. The predicted molar refractivity (Wildman–Crippen MR) is 91.4 cm³/mol. The lowest BCUT2D eigenvalue weighted by molar-refractivity contribution is 0.0950. The number of aryl methyl sites for hydroxylation is 1. The molecule has 0 aliphatic carbocycles. The number of hydrogen-bond donors (Lipinski definition) is 3. The van der Waals surface area contributed by atoms with Crippen LogP contribution in [0.2, 0.25) is 0 Å². The topological polar surface area (TPSA) is 123 Å². The van der Waals surface area contributed by atoms with Crippen LogP contribution in [0, 0.1) is 0 Å². The van der Waals surface area contributed by atoms with E-state index >= 15 is 0 Å². The maximum Gasteiger partial charge on any atom is 0.273 e. The van der Waals surface area contributed by atoms with Crippen molar-refractivity contribution in [2.45, 2.75) is 0 Å². The van der Waals surface area contributed by atoms with Crippen molar-refractivity contribution in [3.05, 3.63) is 48.5 Å². The minimum absolute atomic E-state index is 0.266. The minimum Gasteiger partial charge on any atom is -0.367 e. The molecule has 3 aromatic heterocycles. The van der Waals surface area contributed by atoms with Gasteiger partial charge < -0.3 is 16.0 Å². The van der Waals surface area contributed by atoms with E-state index in [2.05, 4.69) is 41.4 Å². The third-order valence-corrected chi connectivity index (χ3v) is 3.17. The number of amides is 1. The van der Waals surface area contributed by atoms with E-state index in [1.165, 1.54) is 4.68 Å². The van der Waals surface area contributed by atoms with Gasteiger partial charge >= 0.3 is 0 Å². The molecule has 0 saturated heterocycles. The summed E-state index contributed by atoms with van der Waals surface area (Å²) >= 11 is 0. The summed E-state index contributed by atoms with van der Waals surface area (Å²) in [4.78, 5) is 15.7. The van der Waals surface area contributed by atoms with Crippen LogP contribution in [0.5, 0.6) is 0 Å². The van der Waals surface area contributed by atoms with Crippen LogP contribution in [-0.2, 0) is 7.05 Å². The third-order valence-electron chi connectivity index (χ3n) is 3.17. The van der Waals surface area contributed by atoms with E-state index in [-0.39, 0.29) is 11.6 Å². The first-order chi connectivity index (χ1) is 12.2. The summed E-state index contributed by atoms with van der Waals surface area (Å²) in [6, 6.07) is 7.30. The Balaban J connectivity index is 1.42. The molecular weight excluding hydrogens is 322 g/mol. The summed E-state index contributed by atoms with van der Waals surface area (Å²) in [5.41, 5.74) is 1.17. The second kappa shape index (κ2) is 7.81. The van der Waals surface area contributed by atoms with Gasteiger partial charge in [-0.1, -0.05) is 5.21 Å². The molecular formula is C15H17N9O. The van der Waals surface area contributed by atoms with E-state index in [4.69, 9.17) is 0 Å². The molecule has 25 heavy (non-hydrogen) atoms. The Hall–Kier alpha value is -3.56. The molecule has 0 unspecified atom stereocenters. The zero-order valence-electron chi connectivity index (χ0n) is 13.5. The van der Waals surface area contributed by atoms with Crippen LogP contribution in [0.4, 0.5) is 17.3 Å². The molecule has 3 aromatic rings. The number of carbonyl (C=O) groups excluding carboxylic acids is 1. The van der Waals surface area contributed by atoms with E-state index in [0.717, 1.165) is 5.69 Å². The van der Waals surface area contributed by atoms with Crippen LogP contribution in [0.25, 0.3) is 0 Å². The molecule has 10 nitrogen and oxygen atoms in total. The lowest BCUT2D eigenvalue weighted by atomic mass is 10.4. The monoisotopic (exact) mass is 339 g/mol. The molecule has 0 bridgehead atoms. The van der Waals surface area contributed by atoms with Crippen LogP contribution in [0.1, 0.15) is 10.5 Å². The number of carbonyl (C=O) groups is 1. The Kier molecular flexibility index (Phi) is 5.10. The highest BCUT2D eigenvalue weighted by Crippen LogP contribution is 2.13. The largest absolute Gasteiger partial charge is 0.367 e. The Morgan fingerprint density at radius 1 is 1.04 bits per heavy atom. The zero-order valence-corrected chi connectivity index (χ0v) is 13.5. The summed E-state index contributed by atoms with van der Waals surface area (Å²) in [6.07, 6.45) is 4.95. The van der Waals surface area contributed by atoms with Gasteiger partial charge in [-0.25, -0.2) is 0 Å². The van der Waals surface area contributed by atoms with Crippen molar-refractivity contribution >= 4 is 23.2 Å². The molecule has 3 N–H and O–H groups in total. The zero-order chi connectivity index (χ0) is 17.5. The maximum absolute atomic E-state index is 11.8. The molecule has 0 aliphatic heterocycles. The molecule has 1 amide bonds. The van der Waals surface area contributed by atoms with Crippen molar-refractivity contribution in [1.82, 2.24) is 35.5 Å². The number of aromatic nitrogens is 6. The van der Waals surface area contributed by atoms with Gasteiger partial charge in [-0.2, -0.15) is 0 Å². The summed E-state index contributed by atoms with van der Waals surface area (Å²) in [6.45, 7) is 0.936. The Bertz CT molecular complexity index is 817. The van der Waals surface area contributed by atoms with Crippen LogP contribution in [0.15, 0.2) is 42.9 Å². The molecule has 0 atom stereocenters. The van der Waals surface area contributed by atoms with Gasteiger partial charge in [0.25, 0.3) is 5.91 Å². The first-order valence-corrected chi connectivity index (χ1v) is 7.60. The quantitative estimate of drug-likeness (QED) is 0.534. The summed E-state index contributed by atoms with van der Waals surface area (Å²) in [5.74, 6) is 0.986. The molecule has 128 valence electrons. The van der Waals surface area contributed by atoms with E-state index < -0.39 is 0 Å². The van der Waals surface area contributed by atoms with Crippen molar-refractivity contribution in [2.24, 2.45) is 7.05 Å². The van der Waals surface area contributed by atoms with Crippen LogP contribution < -0.4 is 16.0 Å². The SMILES string of the molecule is Cn1cc(C(=O)NCCNc2ccc(Nc3ccncc3)nn2)nn1. The van der Waals surface area contributed by atoms with Crippen molar-refractivity contribution in [3.63, 3.8) is 0 Å². The van der Waals surface area contributed by atoms with Gasteiger partial charge in [0.05, 0.1) is 6.20 Å². The summed E-state index contributed by atoms with van der Waals surface area (Å²) in [7, 11) is 1.71. The number of rotatable bonds is 7. The lowest BCUT2D eigenvalue weighted by Crippen LogP contribution is -2.29. The molecule has 0 aromatic carbocycles. The highest BCUT2D eigenvalue weighted by Gasteiger charge is 2.08. The van der Waals surface area contributed by atoms with Gasteiger partial charge in [0.15, 0.2) is 11.5 Å². The molecule has 0 radical (unpaired) electrons. The van der Waals surface area contributed by atoms with Gasteiger partial charge in [-0.3, -0.25) is 14.5 Å². The van der Waals surface area contributed by atoms with Crippen molar-refractivity contribution in [1.29, 1.82) is 0 Å². The summed E-state index contributed by atoms with van der Waals surface area (Å²) < 4.78 is 1.48. The van der Waals surface area contributed by atoms with Crippen molar-refractivity contribution in [3.8, 4) is 0 Å². The van der Waals surface area contributed by atoms with E-state index in [1.54, 1.807) is 31.7 Å². The van der Waals surface area contributed by atoms with Gasteiger partial charge in [-0.05, 0) is 24.3 Å². The molecule has 3 rings (SSSR count). The van der Waals surface area contributed by atoms with Gasteiger partial charge in [0.2, 0.25) is 0 Å². The fourth-order valence-corrected chi connectivity index (χ4v) is 1.98. The molecule has 0 fully saturated rings. The number of nitrogens with zero attached hydrogens (tertiary/aromatic N) is 6. The number of anilines is 3. The van der Waals surface area contributed by atoms with Gasteiger partial charge in [0, 0.05) is 38.2 Å². The number of nitrogens with one attached hydrogen (secondary N) is 3. The van der Waals surface area contributed by atoms with E-state index in [1.807, 2.05) is 18.2 Å². The first-order valence-electron chi connectivity index (χ1n) is 7.60. The minimum atomic E-state index is -0.266. The predicted octanol–water partition coefficient (Wildman–Crippen LogP) is 0.586. The number of pyridine rings is 1. The third kappa shape index (κ3) is 4.70. The van der Waals surface area contributed by atoms with E-state index in [9.17, 15) is 4.79 Å². The van der Waals surface area contributed by atoms with Gasteiger partial charge in [0.1, 0.15) is 5.82 Å². The Labute approximate surface area is 143 Å². The molecule has 0 aliphatic rings. The average molecular weight is 339 g/mol. The fourth-order valence-electron chi connectivity index (χ4n) is 1.98. The smallest absolute Gasteiger partial charge is 0.273 e. The number of hydrogen-bond acceptors (Lipinski definition) is 8. The van der Waals surface area contributed by atoms with Gasteiger partial charge in [-0.15, -0.1) is 15.3 Å². The Morgan fingerprint density at radius 3 is 2.48 bits per heavy atom. The standard InChI is InChI=1S/C15H17N9O/c1-24-10-12(20-23-24)15(25)18-9-8-17-13-2-3-14(22-21-13)19-11-4-6-16-7-5-11/h2-7,10H,8-9H2,1H3,(H,17,21)(H,18,25)(H,16,19,22). The lowest BCUT2D eigenvalue weighted by Gasteiger charge is -2.07. The molecule has 10 heteroatoms.